The Labute approximate surface area is 95.9 Å². The quantitative estimate of drug-likeness (QED) is 0.799. The van der Waals surface area contributed by atoms with Crippen LogP contribution < -0.4 is 0 Å². The summed E-state index contributed by atoms with van der Waals surface area (Å²) < 4.78 is 1.40. The molecule has 1 aromatic carbocycles. The number of nitrogens with zero attached hydrogens (tertiary/aromatic N) is 2. The number of carbonyl (C=O) groups is 1. The number of phenolic OH excluding ortho intramolecular Hbond substituents is 1. The number of fused-ring (bicyclic) bond motifs is 1. The Balaban J connectivity index is 2.70. The lowest BCUT2D eigenvalue weighted by Crippen LogP contribution is -2.11. The van der Waals surface area contributed by atoms with E-state index < -0.39 is 5.97 Å². The van der Waals surface area contributed by atoms with Crippen molar-refractivity contribution >= 4 is 28.6 Å². The minimum atomic E-state index is -1.01. The van der Waals surface area contributed by atoms with Crippen LogP contribution in [-0.4, -0.2) is 25.7 Å². The molecular weight excluding hydrogens is 232 g/mol. The van der Waals surface area contributed by atoms with Gasteiger partial charge in [-0.2, -0.15) is 0 Å². The normalized spacial score (nSPS) is 10.8. The summed E-state index contributed by atoms with van der Waals surface area (Å²) >= 11 is 5.68. The highest BCUT2D eigenvalue weighted by Gasteiger charge is 2.14. The highest BCUT2D eigenvalue weighted by atomic mass is 35.5. The maximum Gasteiger partial charge on any atom is 0.323 e. The number of halogens is 1. The SMILES string of the molecule is O=C(O)Cn1c(CCl)nc2cccc(O)c21. The van der Waals surface area contributed by atoms with Crippen molar-refractivity contribution in [3.63, 3.8) is 0 Å². The van der Waals surface area contributed by atoms with Crippen LogP contribution >= 0.6 is 11.6 Å². The molecule has 0 fully saturated rings. The van der Waals surface area contributed by atoms with Gasteiger partial charge < -0.3 is 14.8 Å². The molecule has 2 rings (SSSR count). The first-order valence-corrected chi connectivity index (χ1v) is 5.11. The van der Waals surface area contributed by atoms with Gasteiger partial charge in [0.05, 0.1) is 11.4 Å². The number of hydrogen-bond acceptors (Lipinski definition) is 3. The molecule has 0 saturated heterocycles. The van der Waals surface area contributed by atoms with E-state index in [4.69, 9.17) is 16.7 Å². The number of phenols is 1. The Morgan fingerprint density at radius 2 is 2.25 bits per heavy atom. The van der Waals surface area contributed by atoms with Crippen molar-refractivity contribution < 1.29 is 15.0 Å². The molecule has 1 heterocycles. The van der Waals surface area contributed by atoms with Crippen LogP contribution in [0.1, 0.15) is 5.82 Å². The zero-order valence-electron chi connectivity index (χ0n) is 8.22. The molecule has 2 aromatic rings. The number of rotatable bonds is 3. The van der Waals surface area contributed by atoms with E-state index in [-0.39, 0.29) is 18.2 Å². The fourth-order valence-electron chi connectivity index (χ4n) is 1.62. The number of carboxylic acid groups (broad SMARTS) is 1. The zero-order valence-corrected chi connectivity index (χ0v) is 8.98. The third-order valence-electron chi connectivity index (χ3n) is 2.24. The number of aromatic hydroxyl groups is 1. The van der Waals surface area contributed by atoms with Gasteiger partial charge in [-0.1, -0.05) is 6.07 Å². The van der Waals surface area contributed by atoms with Crippen molar-refractivity contribution in [2.24, 2.45) is 0 Å². The molecule has 0 spiro atoms. The van der Waals surface area contributed by atoms with Crippen LogP contribution in [0.25, 0.3) is 11.0 Å². The summed E-state index contributed by atoms with van der Waals surface area (Å²) in [4.78, 5) is 14.9. The van der Waals surface area contributed by atoms with Crippen molar-refractivity contribution in [2.45, 2.75) is 12.4 Å². The summed E-state index contributed by atoms with van der Waals surface area (Å²) in [5.74, 6) is -0.474. The lowest BCUT2D eigenvalue weighted by Gasteiger charge is -2.04. The molecule has 0 bridgehead atoms. The Kier molecular flexibility index (Phi) is 2.70. The molecule has 0 amide bonds. The van der Waals surface area contributed by atoms with E-state index in [2.05, 4.69) is 4.98 Å². The molecule has 0 unspecified atom stereocenters. The van der Waals surface area contributed by atoms with Gasteiger partial charge in [0.25, 0.3) is 0 Å². The molecule has 6 heteroatoms. The Hall–Kier alpha value is -1.75. The van der Waals surface area contributed by atoms with Gasteiger partial charge in [0.2, 0.25) is 0 Å². The predicted octanol–water partition coefficient (Wildman–Crippen LogP) is 1.57. The minimum Gasteiger partial charge on any atom is -0.506 e. The summed E-state index contributed by atoms with van der Waals surface area (Å²) in [6.45, 7) is -0.268. The van der Waals surface area contributed by atoms with E-state index in [0.29, 0.717) is 16.9 Å². The van der Waals surface area contributed by atoms with Gasteiger partial charge in [-0.25, -0.2) is 4.98 Å². The first-order chi connectivity index (χ1) is 7.63. The predicted molar refractivity (Wildman–Crippen MR) is 58.6 cm³/mol. The van der Waals surface area contributed by atoms with Gasteiger partial charge in [0.1, 0.15) is 23.6 Å². The molecule has 0 atom stereocenters. The number of aromatic nitrogens is 2. The third kappa shape index (κ3) is 1.69. The van der Waals surface area contributed by atoms with E-state index in [9.17, 15) is 9.90 Å². The lowest BCUT2D eigenvalue weighted by molar-refractivity contribution is -0.137. The third-order valence-corrected chi connectivity index (χ3v) is 2.48. The number of hydrogen-bond donors (Lipinski definition) is 2. The van der Waals surface area contributed by atoms with Crippen molar-refractivity contribution in [2.75, 3.05) is 0 Å². The van der Waals surface area contributed by atoms with Crippen LogP contribution in [0.2, 0.25) is 0 Å². The second kappa shape index (κ2) is 4.02. The maximum atomic E-state index is 10.7. The van der Waals surface area contributed by atoms with Crippen molar-refractivity contribution in [3.8, 4) is 5.75 Å². The molecule has 16 heavy (non-hydrogen) atoms. The van der Waals surface area contributed by atoms with Crippen LogP contribution in [0.15, 0.2) is 18.2 Å². The number of carboxylic acids is 1. The highest BCUT2D eigenvalue weighted by molar-refractivity contribution is 6.17. The van der Waals surface area contributed by atoms with Crippen LogP contribution in [-0.2, 0) is 17.2 Å². The summed E-state index contributed by atoms with van der Waals surface area (Å²) in [6.07, 6.45) is 0. The standard InChI is InChI=1S/C10H9ClN2O3/c11-4-8-12-6-2-1-3-7(14)10(6)13(8)5-9(15)16/h1-3,14H,4-5H2,(H,15,16). The number of aliphatic carboxylic acids is 1. The number of imidazole rings is 1. The molecule has 0 saturated carbocycles. The molecule has 84 valence electrons. The lowest BCUT2D eigenvalue weighted by atomic mass is 10.3. The number of alkyl halides is 1. The van der Waals surface area contributed by atoms with Crippen molar-refractivity contribution in [1.29, 1.82) is 0 Å². The average molecular weight is 241 g/mol. The molecule has 0 aliphatic heterocycles. The van der Waals surface area contributed by atoms with Gasteiger partial charge in [-0.15, -0.1) is 11.6 Å². The largest absolute Gasteiger partial charge is 0.506 e. The first-order valence-electron chi connectivity index (χ1n) is 4.58. The van der Waals surface area contributed by atoms with Gasteiger partial charge in [-0.05, 0) is 12.1 Å². The van der Waals surface area contributed by atoms with Gasteiger partial charge >= 0.3 is 5.97 Å². The van der Waals surface area contributed by atoms with Crippen LogP contribution in [0.4, 0.5) is 0 Å². The van der Waals surface area contributed by atoms with Crippen molar-refractivity contribution in [1.82, 2.24) is 9.55 Å². The van der Waals surface area contributed by atoms with Gasteiger partial charge in [0.15, 0.2) is 0 Å². The van der Waals surface area contributed by atoms with E-state index in [1.807, 2.05) is 0 Å². The van der Waals surface area contributed by atoms with Crippen LogP contribution in [0.5, 0.6) is 5.75 Å². The van der Waals surface area contributed by atoms with Gasteiger partial charge in [-0.3, -0.25) is 4.79 Å². The molecule has 0 aliphatic carbocycles. The second-order valence-corrected chi connectivity index (χ2v) is 3.55. The Morgan fingerprint density at radius 3 is 2.88 bits per heavy atom. The summed E-state index contributed by atoms with van der Waals surface area (Å²) in [5.41, 5.74) is 0.942. The van der Waals surface area contributed by atoms with E-state index in [0.717, 1.165) is 0 Å². The summed E-state index contributed by atoms with van der Waals surface area (Å²) in [5, 5.41) is 18.5. The van der Waals surface area contributed by atoms with E-state index >= 15 is 0 Å². The Morgan fingerprint density at radius 1 is 1.50 bits per heavy atom. The molecule has 5 nitrogen and oxygen atoms in total. The Bertz CT molecular complexity index is 550. The highest BCUT2D eigenvalue weighted by Crippen LogP contribution is 2.26. The maximum absolute atomic E-state index is 10.7. The van der Waals surface area contributed by atoms with Crippen LogP contribution in [0, 0.1) is 0 Å². The van der Waals surface area contributed by atoms with E-state index in [1.165, 1.54) is 10.6 Å². The monoisotopic (exact) mass is 240 g/mol. The number of para-hydroxylation sites is 1. The molecular formula is C10H9ClN2O3. The molecule has 0 aliphatic rings. The van der Waals surface area contributed by atoms with E-state index in [1.54, 1.807) is 12.1 Å². The number of benzene rings is 1. The van der Waals surface area contributed by atoms with Gasteiger partial charge in [0, 0.05) is 0 Å². The minimum absolute atomic E-state index is 0.00242. The summed E-state index contributed by atoms with van der Waals surface area (Å²) in [6, 6.07) is 4.83. The smallest absolute Gasteiger partial charge is 0.323 e. The fourth-order valence-corrected chi connectivity index (χ4v) is 1.83. The van der Waals surface area contributed by atoms with Crippen LogP contribution in [0.3, 0.4) is 0 Å². The second-order valence-electron chi connectivity index (χ2n) is 3.29. The zero-order chi connectivity index (χ0) is 11.7. The first kappa shape index (κ1) is 10.8. The van der Waals surface area contributed by atoms with Crippen molar-refractivity contribution in [3.05, 3.63) is 24.0 Å². The molecule has 1 aromatic heterocycles. The summed E-state index contributed by atoms with van der Waals surface area (Å²) in [7, 11) is 0. The average Bonchev–Trinajstić information content (AvgIpc) is 2.57. The molecule has 2 N–H and O–H groups in total. The molecule has 0 radical (unpaired) electrons. The topological polar surface area (TPSA) is 75.3 Å². The fraction of sp³-hybridized carbons (Fsp3) is 0.200.